The molecule has 1 aromatic rings. The van der Waals surface area contributed by atoms with Crippen LogP contribution < -0.4 is 17.0 Å². The van der Waals surface area contributed by atoms with E-state index in [4.69, 9.17) is 0 Å². The Balaban J connectivity index is 0.000000291. The lowest BCUT2D eigenvalue weighted by Gasteiger charge is -2.56. The van der Waals surface area contributed by atoms with Gasteiger partial charge in [0.2, 0.25) is 12.1 Å². The maximum atomic E-state index is 12.2. The third-order valence-electron chi connectivity index (χ3n) is 9.16. The summed E-state index contributed by atoms with van der Waals surface area (Å²) in [6.45, 7) is 4.39. The maximum absolute atomic E-state index is 12.2. The Kier molecular flexibility index (Phi) is 8.25. The molecule has 1 aromatic heterocycles. The molecule has 35 heavy (non-hydrogen) atoms. The fourth-order valence-corrected chi connectivity index (χ4v) is 7.49. The lowest BCUT2D eigenvalue weighted by molar-refractivity contribution is -0.685. The minimum absolute atomic E-state index is 0. The normalized spacial score (nSPS) is 34.9. The van der Waals surface area contributed by atoms with E-state index >= 15 is 0 Å². The number of rotatable bonds is 4. The summed E-state index contributed by atoms with van der Waals surface area (Å²) in [5.41, 5.74) is 0.865. The van der Waals surface area contributed by atoms with Gasteiger partial charge in [0.25, 0.3) is 0 Å². The number of aromatic nitrogens is 2. The molecule has 1 radical (unpaired) electrons. The number of aliphatic hydroxyl groups excluding tert-OH is 1. The standard InChI is InChI=1S/C21H27O4.C6H6N2O.ClH/c1-20-8-7-15-13(14(20)5-6-16(20)19(25)11-22)4-3-12-9-17(23)18(24)10-21(12,15)2;9-5-1-3-8-4-2-7-6-8;/h9-10,13-16,24H,3-8,11H2,1-2H3;1-2,4,6H,3H2;1H/t13?,14?,15?,16-,20+,21+;;/m1../s1. The summed E-state index contributed by atoms with van der Waals surface area (Å²) in [7, 11) is 0. The third-order valence-corrected chi connectivity index (χ3v) is 9.16. The van der Waals surface area contributed by atoms with Gasteiger partial charge in [-0.15, -0.1) is 0 Å². The molecule has 0 bridgehead atoms. The zero-order valence-corrected chi connectivity index (χ0v) is 21.1. The van der Waals surface area contributed by atoms with Gasteiger partial charge in [0.15, 0.2) is 11.5 Å². The van der Waals surface area contributed by atoms with Crippen LogP contribution in [0.15, 0.2) is 48.3 Å². The Labute approximate surface area is 212 Å². The quantitative estimate of drug-likeness (QED) is 0.462. The van der Waals surface area contributed by atoms with Crippen LogP contribution in [-0.2, 0) is 26.0 Å². The number of nitrogens with one attached hydrogen (secondary N) is 1. The van der Waals surface area contributed by atoms with Crippen molar-refractivity contribution in [1.82, 2.24) is 4.98 Å². The Morgan fingerprint density at radius 3 is 2.69 bits per heavy atom. The molecule has 0 spiro atoms. The Bertz CT molecular complexity index is 1060. The predicted molar refractivity (Wildman–Crippen MR) is 123 cm³/mol. The van der Waals surface area contributed by atoms with Crippen molar-refractivity contribution in [3.05, 3.63) is 48.3 Å². The number of carbonyl (C=O) groups excluding carboxylic acids is 3. The molecule has 189 valence electrons. The number of allylic oxidation sites excluding steroid dienone is 4. The van der Waals surface area contributed by atoms with E-state index in [-0.39, 0.29) is 46.5 Å². The van der Waals surface area contributed by atoms with Crippen LogP contribution in [0, 0.1) is 34.5 Å². The van der Waals surface area contributed by atoms with Gasteiger partial charge in [-0.1, -0.05) is 19.4 Å². The molecule has 0 aromatic carbocycles. The van der Waals surface area contributed by atoms with Gasteiger partial charge in [0.05, 0.1) is 0 Å². The molecule has 0 amide bonds. The minimum atomic E-state index is -0.593. The SMILES string of the molecule is C[C@]12C=C(O)C(=O)C=C1CCC1C2CC[C@@]2(C)C1CC[C@@H]2C(=O)C[O].O=C=CC[n+]1cc[nH]c1.[Cl-]. The van der Waals surface area contributed by atoms with Crippen molar-refractivity contribution >= 4 is 17.5 Å². The number of nitrogens with zero attached hydrogens (tertiary/aromatic N) is 1. The lowest BCUT2D eigenvalue weighted by atomic mass is 9.47. The third kappa shape index (κ3) is 4.82. The molecule has 3 saturated carbocycles. The summed E-state index contributed by atoms with van der Waals surface area (Å²) in [5, 5.41) is 21.2. The zero-order chi connectivity index (χ0) is 24.5. The molecular weight excluding hydrogens is 468 g/mol. The van der Waals surface area contributed by atoms with E-state index in [1.165, 1.54) is 6.08 Å². The number of aromatic amines is 1. The van der Waals surface area contributed by atoms with Crippen molar-refractivity contribution < 1.29 is 41.6 Å². The second-order valence-electron chi connectivity index (χ2n) is 10.7. The van der Waals surface area contributed by atoms with E-state index in [0.717, 1.165) is 44.1 Å². The van der Waals surface area contributed by atoms with Crippen LogP contribution >= 0.6 is 0 Å². The summed E-state index contributed by atoms with van der Waals surface area (Å²) < 4.78 is 1.84. The minimum Gasteiger partial charge on any atom is -1.00 e. The topological polar surface area (TPSA) is 111 Å². The molecule has 4 aliphatic rings. The first kappa shape index (κ1) is 27.1. The lowest BCUT2D eigenvalue weighted by Crippen LogP contribution is -3.00. The number of ketones is 2. The first-order valence-electron chi connectivity index (χ1n) is 12.2. The molecule has 3 fully saturated rings. The fraction of sp³-hybridized carbons (Fsp3) is 0.593. The van der Waals surface area contributed by atoms with Crippen LogP contribution in [0.4, 0.5) is 0 Å². The van der Waals surface area contributed by atoms with E-state index in [2.05, 4.69) is 18.8 Å². The van der Waals surface area contributed by atoms with Crippen molar-refractivity contribution in [2.24, 2.45) is 34.5 Å². The fourth-order valence-electron chi connectivity index (χ4n) is 7.49. The monoisotopic (exact) mass is 501 g/mol. The van der Waals surface area contributed by atoms with Crippen LogP contribution in [0.5, 0.6) is 0 Å². The van der Waals surface area contributed by atoms with Crippen molar-refractivity contribution in [2.75, 3.05) is 6.61 Å². The van der Waals surface area contributed by atoms with E-state index < -0.39 is 6.61 Å². The first-order chi connectivity index (χ1) is 16.2. The molecule has 5 rings (SSSR count). The highest BCUT2D eigenvalue weighted by Crippen LogP contribution is 2.66. The predicted octanol–water partition coefficient (Wildman–Crippen LogP) is 0.490. The molecule has 4 aliphatic carbocycles. The van der Waals surface area contributed by atoms with Crippen LogP contribution in [-0.4, -0.2) is 34.2 Å². The number of hydrogen-bond acceptors (Lipinski definition) is 4. The highest BCUT2D eigenvalue weighted by Gasteiger charge is 2.59. The highest BCUT2D eigenvalue weighted by molar-refractivity contribution is 6.04. The van der Waals surface area contributed by atoms with Crippen LogP contribution in [0.1, 0.15) is 52.4 Å². The van der Waals surface area contributed by atoms with Crippen molar-refractivity contribution in [3.8, 4) is 0 Å². The highest BCUT2D eigenvalue weighted by atomic mass is 35.5. The van der Waals surface area contributed by atoms with Gasteiger partial charge >= 0.3 is 0 Å². The number of aliphatic hydroxyl groups is 1. The van der Waals surface area contributed by atoms with Crippen LogP contribution in [0.25, 0.3) is 0 Å². The number of carbonyl (C=O) groups is 2. The van der Waals surface area contributed by atoms with Crippen LogP contribution in [0.3, 0.4) is 0 Å². The Morgan fingerprint density at radius 2 is 2.03 bits per heavy atom. The zero-order valence-electron chi connectivity index (χ0n) is 20.3. The molecule has 6 atom stereocenters. The smallest absolute Gasteiger partial charge is 0.241 e. The van der Waals surface area contributed by atoms with E-state index in [9.17, 15) is 24.6 Å². The van der Waals surface area contributed by atoms with Gasteiger partial charge in [0.1, 0.15) is 31.5 Å². The van der Waals surface area contributed by atoms with E-state index in [0.29, 0.717) is 24.3 Å². The molecule has 8 heteroatoms. The van der Waals surface area contributed by atoms with Crippen molar-refractivity contribution in [1.29, 1.82) is 0 Å². The number of halogens is 1. The number of imidazole rings is 1. The number of hydrogen-bond donors (Lipinski definition) is 2. The molecule has 0 aliphatic heterocycles. The number of fused-ring (bicyclic) bond motifs is 5. The maximum Gasteiger partial charge on any atom is 0.241 e. The van der Waals surface area contributed by atoms with Gasteiger partial charge in [-0.05, 0) is 73.8 Å². The van der Waals surface area contributed by atoms with Gasteiger partial charge in [-0.25, -0.2) is 14.5 Å². The molecule has 7 nitrogen and oxygen atoms in total. The van der Waals surface area contributed by atoms with E-state index in [1.807, 2.05) is 10.8 Å². The first-order valence-corrected chi connectivity index (χ1v) is 12.2. The molecule has 2 N–H and O–H groups in total. The molecule has 0 saturated heterocycles. The summed E-state index contributed by atoms with van der Waals surface area (Å²) in [6, 6.07) is 0. The average Bonchev–Trinajstić information content (AvgIpc) is 3.46. The van der Waals surface area contributed by atoms with Gasteiger partial charge in [-0.2, -0.15) is 0 Å². The van der Waals surface area contributed by atoms with Crippen LogP contribution in [0.2, 0.25) is 0 Å². The molecular formula is C27H34ClN2O5. The van der Waals surface area contributed by atoms with Gasteiger partial charge in [0, 0.05) is 17.4 Å². The molecule has 1 heterocycles. The second kappa shape index (κ2) is 10.7. The summed E-state index contributed by atoms with van der Waals surface area (Å²) in [4.78, 5) is 36.6. The largest absolute Gasteiger partial charge is 1.00 e. The molecule has 3 unspecified atom stereocenters. The Morgan fingerprint density at radius 1 is 1.26 bits per heavy atom. The van der Waals surface area contributed by atoms with Gasteiger partial charge in [-0.3, -0.25) is 14.6 Å². The van der Waals surface area contributed by atoms with E-state index in [1.54, 1.807) is 30.6 Å². The Hall–Kier alpha value is -2.47. The number of Topliss-reactive ketones (excluding diaryl/α,β-unsaturated/α-hetero) is 1. The summed E-state index contributed by atoms with van der Waals surface area (Å²) >= 11 is 0. The number of H-pyrrole nitrogens is 1. The second-order valence-corrected chi connectivity index (χ2v) is 10.7. The van der Waals surface area contributed by atoms with Gasteiger partial charge < -0.3 is 17.5 Å². The van der Waals surface area contributed by atoms with Crippen molar-refractivity contribution in [3.63, 3.8) is 0 Å². The van der Waals surface area contributed by atoms with Crippen molar-refractivity contribution in [2.45, 2.75) is 58.9 Å². The summed E-state index contributed by atoms with van der Waals surface area (Å²) in [5.74, 6) is 2.51. The summed E-state index contributed by atoms with van der Waals surface area (Å²) in [6.07, 6.45) is 16.0. The average molecular weight is 502 g/mol.